The number of hydrogen-bond donors (Lipinski definition) is 1. The molecule has 0 aliphatic heterocycles. The number of rotatable bonds is 2. The zero-order valence-corrected chi connectivity index (χ0v) is 10.7. The van der Waals surface area contributed by atoms with Crippen molar-refractivity contribution in [2.45, 2.75) is 20.8 Å². The van der Waals surface area contributed by atoms with Crippen LogP contribution in [0, 0.1) is 16.7 Å². The summed E-state index contributed by atoms with van der Waals surface area (Å²) in [4.78, 5) is 12.4. The SMILES string of the molecule is CC(C)(C)CNc1nc(C#N)nc2ncccc12. The van der Waals surface area contributed by atoms with E-state index in [9.17, 15) is 0 Å². The monoisotopic (exact) mass is 241 g/mol. The zero-order chi connectivity index (χ0) is 13.2. The highest BCUT2D eigenvalue weighted by Gasteiger charge is 2.13. The summed E-state index contributed by atoms with van der Waals surface area (Å²) < 4.78 is 0. The summed E-state index contributed by atoms with van der Waals surface area (Å²) in [6, 6.07) is 5.69. The third-order valence-electron chi connectivity index (χ3n) is 2.36. The van der Waals surface area contributed by atoms with E-state index in [2.05, 4.69) is 41.0 Å². The van der Waals surface area contributed by atoms with Crippen LogP contribution < -0.4 is 5.32 Å². The molecule has 0 bridgehead atoms. The highest BCUT2D eigenvalue weighted by molar-refractivity contribution is 5.86. The average Bonchev–Trinajstić information content (AvgIpc) is 2.34. The van der Waals surface area contributed by atoms with Crippen LogP contribution in [0.3, 0.4) is 0 Å². The Morgan fingerprint density at radius 1 is 1.33 bits per heavy atom. The number of hydrogen-bond acceptors (Lipinski definition) is 5. The molecule has 5 nitrogen and oxygen atoms in total. The minimum absolute atomic E-state index is 0.131. The van der Waals surface area contributed by atoms with Gasteiger partial charge in [0.15, 0.2) is 5.65 Å². The van der Waals surface area contributed by atoms with Crippen LogP contribution in [0.1, 0.15) is 26.6 Å². The first-order valence-corrected chi connectivity index (χ1v) is 5.76. The van der Waals surface area contributed by atoms with Gasteiger partial charge in [-0.15, -0.1) is 0 Å². The summed E-state index contributed by atoms with van der Waals surface area (Å²) in [7, 11) is 0. The van der Waals surface area contributed by atoms with Crippen molar-refractivity contribution in [2.75, 3.05) is 11.9 Å². The van der Waals surface area contributed by atoms with Crippen LogP contribution >= 0.6 is 0 Å². The standard InChI is InChI=1S/C13H15N5/c1-13(2,3)8-16-12-9-5-4-6-15-11(9)17-10(7-14)18-12/h4-6H,8H2,1-3H3,(H,15,16,17,18). The summed E-state index contributed by atoms with van der Waals surface area (Å²) in [5.74, 6) is 0.803. The summed E-state index contributed by atoms with van der Waals surface area (Å²) >= 11 is 0. The minimum atomic E-state index is 0.131. The van der Waals surface area contributed by atoms with E-state index >= 15 is 0 Å². The lowest BCUT2D eigenvalue weighted by atomic mass is 9.97. The second-order valence-corrected chi connectivity index (χ2v) is 5.30. The van der Waals surface area contributed by atoms with Crippen molar-refractivity contribution in [1.82, 2.24) is 15.0 Å². The molecule has 0 amide bonds. The summed E-state index contributed by atoms with van der Waals surface area (Å²) in [5, 5.41) is 13.0. The van der Waals surface area contributed by atoms with Gasteiger partial charge in [0.05, 0.1) is 5.39 Å². The van der Waals surface area contributed by atoms with Gasteiger partial charge < -0.3 is 5.32 Å². The van der Waals surface area contributed by atoms with Crippen molar-refractivity contribution in [2.24, 2.45) is 5.41 Å². The first-order valence-electron chi connectivity index (χ1n) is 5.76. The number of anilines is 1. The molecule has 0 saturated carbocycles. The first-order chi connectivity index (χ1) is 8.49. The van der Waals surface area contributed by atoms with Crippen molar-refractivity contribution < 1.29 is 0 Å². The number of fused-ring (bicyclic) bond motifs is 1. The average molecular weight is 241 g/mol. The maximum atomic E-state index is 8.92. The zero-order valence-electron chi connectivity index (χ0n) is 10.7. The molecule has 2 aromatic rings. The topological polar surface area (TPSA) is 74.5 Å². The maximum absolute atomic E-state index is 8.92. The van der Waals surface area contributed by atoms with E-state index in [4.69, 9.17) is 5.26 Å². The van der Waals surface area contributed by atoms with Gasteiger partial charge in [0, 0.05) is 12.7 Å². The van der Waals surface area contributed by atoms with Crippen LogP contribution in [-0.2, 0) is 0 Å². The molecule has 5 heteroatoms. The van der Waals surface area contributed by atoms with Gasteiger partial charge >= 0.3 is 0 Å². The Balaban J connectivity index is 2.45. The molecular weight excluding hydrogens is 226 g/mol. The van der Waals surface area contributed by atoms with Crippen molar-refractivity contribution >= 4 is 16.9 Å². The molecular formula is C13H15N5. The lowest BCUT2D eigenvalue weighted by molar-refractivity contribution is 0.442. The Kier molecular flexibility index (Phi) is 3.11. The van der Waals surface area contributed by atoms with Gasteiger partial charge in [0.25, 0.3) is 0 Å². The predicted molar refractivity (Wildman–Crippen MR) is 70.0 cm³/mol. The normalized spacial score (nSPS) is 11.2. The molecule has 18 heavy (non-hydrogen) atoms. The van der Waals surface area contributed by atoms with Crippen LogP contribution in [0.4, 0.5) is 5.82 Å². The predicted octanol–water partition coefficient (Wildman–Crippen LogP) is 2.35. The Morgan fingerprint density at radius 2 is 2.11 bits per heavy atom. The molecule has 0 unspecified atom stereocenters. The van der Waals surface area contributed by atoms with Crippen LogP contribution in [0.5, 0.6) is 0 Å². The number of pyridine rings is 1. The molecule has 0 saturated heterocycles. The first kappa shape index (κ1) is 12.2. The molecule has 92 valence electrons. The van der Waals surface area contributed by atoms with Gasteiger partial charge in [-0.25, -0.2) is 9.97 Å². The van der Waals surface area contributed by atoms with Crippen molar-refractivity contribution in [3.05, 3.63) is 24.2 Å². The quantitative estimate of drug-likeness (QED) is 0.873. The molecule has 0 atom stereocenters. The second-order valence-electron chi connectivity index (χ2n) is 5.30. The van der Waals surface area contributed by atoms with Gasteiger partial charge in [-0.2, -0.15) is 10.2 Å². The van der Waals surface area contributed by atoms with E-state index in [1.807, 2.05) is 18.2 Å². The van der Waals surface area contributed by atoms with Crippen LogP contribution in [-0.4, -0.2) is 21.5 Å². The van der Waals surface area contributed by atoms with E-state index in [1.54, 1.807) is 6.20 Å². The molecule has 2 rings (SSSR count). The second kappa shape index (κ2) is 4.57. The molecule has 0 aromatic carbocycles. The number of aromatic nitrogens is 3. The number of nitriles is 1. The fourth-order valence-corrected chi connectivity index (χ4v) is 1.50. The summed E-state index contributed by atoms with van der Waals surface area (Å²) in [6.45, 7) is 7.16. The molecule has 0 aliphatic rings. The lowest BCUT2D eigenvalue weighted by Gasteiger charge is -2.19. The van der Waals surface area contributed by atoms with E-state index in [0.717, 1.165) is 11.9 Å². The Morgan fingerprint density at radius 3 is 2.78 bits per heavy atom. The van der Waals surface area contributed by atoms with Crippen LogP contribution in [0.25, 0.3) is 11.0 Å². The molecule has 0 aliphatic carbocycles. The Bertz CT molecular complexity index is 607. The molecule has 2 heterocycles. The van der Waals surface area contributed by atoms with Crippen molar-refractivity contribution in [3.63, 3.8) is 0 Å². The third kappa shape index (κ3) is 2.72. The highest BCUT2D eigenvalue weighted by Crippen LogP contribution is 2.20. The summed E-state index contributed by atoms with van der Waals surface area (Å²) in [5.41, 5.74) is 0.673. The van der Waals surface area contributed by atoms with E-state index in [-0.39, 0.29) is 11.2 Å². The largest absolute Gasteiger partial charge is 0.369 e. The van der Waals surface area contributed by atoms with Gasteiger partial charge in [0.2, 0.25) is 5.82 Å². The van der Waals surface area contributed by atoms with Crippen LogP contribution in [0.2, 0.25) is 0 Å². The number of nitrogens with one attached hydrogen (secondary N) is 1. The van der Waals surface area contributed by atoms with E-state index < -0.39 is 0 Å². The fraction of sp³-hybridized carbons (Fsp3) is 0.385. The molecule has 0 spiro atoms. The van der Waals surface area contributed by atoms with Crippen LogP contribution in [0.15, 0.2) is 18.3 Å². The maximum Gasteiger partial charge on any atom is 0.236 e. The van der Waals surface area contributed by atoms with Crippen molar-refractivity contribution in [3.8, 4) is 6.07 Å². The smallest absolute Gasteiger partial charge is 0.236 e. The number of nitrogens with zero attached hydrogens (tertiary/aromatic N) is 4. The Hall–Kier alpha value is -2.22. The molecule has 0 fully saturated rings. The van der Waals surface area contributed by atoms with Gasteiger partial charge in [0.1, 0.15) is 11.9 Å². The van der Waals surface area contributed by atoms with Gasteiger partial charge in [-0.1, -0.05) is 20.8 Å². The summed E-state index contributed by atoms with van der Waals surface area (Å²) in [6.07, 6.45) is 1.66. The Labute approximate surface area is 106 Å². The minimum Gasteiger partial charge on any atom is -0.369 e. The molecule has 0 radical (unpaired) electrons. The third-order valence-corrected chi connectivity index (χ3v) is 2.36. The van der Waals surface area contributed by atoms with E-state index in [0.29, 0.717) is 11.5 Å². The molecule has 1 N–H and O–H groups in total. The van der Waals surface area contributed by atoms with Gasteiger partial charge in [-0.05, 0) is 17.5 Å². The fourth-order valence-electron chi connectivity index (χ4n) is 1.50. The highest BCUT2D eigenvalue weighted by atomic mass is 15.1. The molecule has 2 aromatic heterocycles. The van der Waals surface area contributed by atoms with Crippen molar-refractivity contribution in [1.29, 1.82) is 5.26 Å². The lowest BCUT2D eigenvalue weighted by Crippen LogP contribution is -2.20. The van der Waals surface area contributed by atoms with Gasteiger partial charge in [-0.3, -0.25) is 0 Å². The van der Waals surface area contributed by atoms with E-state index in [1.165, 1.54) is 0 Å².